The van der Waals surface area contributed by atoms with Gasteiger partial charge in [-0.05, 0) is 50.3 Å². The number of thioether (sulfide) groups is 1. The van der Waals surface area contributed by atoms with Crippen molar-refractivity contribution in [1.29, 1.82) is 0 Å². The Bertz CT molecular complexity index is 738. The number of rotatable bonds is 5. The highest BCUT2D eigenvalue weighted by atomic mass is 32.2. The van der Waals surface area contributed by atoms with Crippen LogP contribution in [0.3, 0.4) is 0 Å². The van der Waals surface area contributed by atoms with Gasteiger partial charge in [-0.15, -0.1) is 11.8 Å². The molecule has 0 unspecified atom stereocenters. The lowest BCUT2D eigenvalue weighted by Crippen LogP contribution is -2.30. The number of para-hydroxylation sites is 1. The molecule has 0 radical (unpaired) electrons. The molecule has 0 saturated carbocycles. The Hall–Kier alpha value is -2.27. The zero-order chi connectivity index (χ0) is 17.7. The van der Waals surface area contributed by atoms with Crippen LogP contribution in [0.2, 0.25) is 0 Å². The summed E-state index contributed by atoms with van der Waals surface area (Å²) < 4.78 is 5.33. The van der Waals surface area contributed by atoms with Gasteiger partial charge in [0, 0.05) is 10.6 Å². The van der Waals surface area contributed by atoms with Gasteiger partial charge < -0.3 is 10.1 Å². The van der Waals surface area contributed by atoms with E-state index in [0.29, 0.717) is 5.56 Å². The number of esters is 1. The lowest BCUT2D eigenvalue weighted by Gasteiger charge is -2.16. The standard InChI is InChI=1S/C19H21NO3S/c1-12-8-7-9-13(2)17(12)20-18(21)14(3)23-19(22)15-10-5-6-11-16(15)24-4/h5-11,14H,1-4H3,(H,20,21)/t14-/m0/s1. The highest BCUT2D eigenvalue weighted by Crippen LogP contribution is 2.22. The molecule has 2 aromatic carbocycles. The average molecular weight is 343 g/mol. The number of carbonyl (C=O) groups excluding carboxylic acids is 2. The van der Waals surface area contributed by atoms with Crippen molar-refractivity contribution in [2.45, 2.75) is 31.8 Å². The second kappa shape index (κ2) is 8.02. The Labute approximate surface area is 146 Å². The molecule has 0 aliphatic rings. The van der Waals surface area contributed by atoms with E-state index in [9.17, 15) is 9.59 Å². The summed E-state index contributed by atoms with van der Waals surface area (Å²) >= 11 is 1.46. The van der Waals surface area contributed by atoms with Crippen molar-refractivity contribution in [3.8, 4) is 0 Å². The van der Waals surface area contributed by atoms with Crippen LogP contribution in [0.5, 0.6) is 0 Å². The van der Waals surface area contributed by atoms with Gasteiger partial charge in [-0.3, -0.25) is 4.79 Å². The molecular formula is C19H21NO3S. The lowest BCUT2D eigenvalue weighted by atomic mass is 10.1. The molecular weight excluding hydrogens is 322 g/mol. The third-order valence-electron chi connectivity index (χ3n) is 3.71. The second-order valence-electron chi connectivity index (χ2n) is 5.50. The van der Waals surface area contributed by atoms with Crippen LogP contribution in [0.25, 0.3) is 0 Å². The summed E-state index contributed by atoms with van der Waals surface area (Å²) in [5, 5.41) is 2.84. The predicted octanol–water partition coefficient (Wildman–Crippen LogP) is 4.21. The predicted molar refractivity (Wildman–Crippen MR) is 97.6 cm³/mol. The van der Waals surface area contributed by atoms with Gasteiger partial charge in [-0.25, -0.2) is 4.79 Å². The minimum absolute atomic E-state index is 0.345. The van der Waals surface area contributed by atoms with Crippen LogP contribution in [0.15, 0.2) is 47.4 Å². The smallest absolute Gasteiger partial charge is 0.340 e. The van der Waals surface area contributed by atoms with E-state index < -0.39 is 12.1 Å². The number of aryl methyl sites for hydroxylation is 2. The molecule has 0 bridgehead atoms. The van der Waals surface area contributed by atoms with E-state index in [-0.39, 0.29) is 5.91 Å². The van der Waals surface area contributed by atoms with Gasteiger partial charge in [-0.2, -0.15) is 0 Å². The molecule has 126 valence electrons. The first-order chi connectivity index (χ1) is 11.4. The largest absolute Gasteiger partial charge is 0.449 e. The molecule has 0 aliphatic heterocycles. The van der Waals surface area contributed by atoms with Gasteiger partial charge in [0.25, 0.3) is 5.91 Å². The number of nitrogens with one attached hydrogen (secondary N) is 1. The maximum atomic E-state index is 12.3. The van der Waals surface area contributed by atoms with Crippen molar-refractivity contribution >= 4 is 29.3 Å². The molecule has 5 heteroatoms. The number of hydrogen-bond acceptors (Lipinski definition) is 4. The van der Waals surface area contributed by atoms with E-state index in [0.717, 1.165) is 21.7 Å². The molecule has 1 N–H and O–H groups in total. The van der Waals surface area contributed by atoms with Crippen LogP contribution >= 0.6 is 11.8 Å². The molecule has 0 heterocycles. The first-order valence-corrected chi connectivity index (χ1v) is 8.87. The summed E-state index contributed by atoms with van der Waals surface area (Å²) in [4.78, 5) is 25.5. The molecule has 0 aliphatic carbocycles. The highest BCUT2D eigenvalue weighted by molar-refractivity contribution is 7.98. The van der Waals surface area contributed by atoms with Crippen molar-refractivity contribution in [3.05, 3.63) is 59.2 Å². The molecule has 2 rings (SSSR count). The van der Waals surface area contributed by atoms with E-state index in [1.807, 2.05) is 50.4 Å². The fourth-order valence-corrected chi connectivity index (χ4v) is 2.91. The van der Waals surface area contributed by atoms with Crippen LogP contribution in [0.4, 0.5) is 5.69 Å². The van der Waals surface area contributed by atoms with Crippen LogP contribution in [0, 0.1) is 13.8 Å². The van der Waals surface area contributed by atoms with Gasteiger partial charge in [0.15, 0.2) is 6.10 Å². The van der Waals surface area contributed by atoms with Gasteiger partial charge in [-0.1, -0.05) is 30.3 Å². The normalized spacial score (nSPS) is 11.7. The lowest BCUT2D eigenvalue weighted by molar-refractivity contribution is -0.123. The molecule has 2 aromatic rings. The Morgan fingerprint density at radius 1 is 1.04 bits per heavy atom. The SMILES string of the molecule is CSc1ccccc1C(=O)O[C@@H](C)C(=O)Nc1c(C)cccc1C. The van der Waals surface area contributed by atoms with E-state index in [1.165, 1.54) is 11.8 Å². The maximum Gasteiger partial charge on any atom is 0.340 e. The fraction of sp³-hybridized carbons (Fsp3) is 0.263. The molecule has 0 saturated heterocycles. The topological polar surface area (TPSA) is 55.4 Å². The van der Waals surface area contributed by atoms with Gasteiger partial charge in [0.1, 0.15) is 0 Å². The second-order valence-corrected chi connectivity index (χ2v) is 6.35. The number of ether oxygens (including phenoxy) is 1. The average Bonchev–Trinajstić information content (AvgIpc) is 2.57. The van der Waals surface area contributed by atoms with Gasteiger partial charge >= 0.3 is 5.97 Å². The molecule has 1 amide bonds. The van der Waals surface area contributed by atoms with Gasteiger partial charge in [0.05, 0.1) is 5.56 Å². The van der Waals surface area contributed by atoms with E-state index in [1.54, 1.807) is 19.1 Å². The van der Waals surface area contributed by atoms with Crippen molar-refractivity contribution in [2.24, 2.45) is 0 Å². The first kappa shape index (κ1) is 18.1. The summed E-state index contributed by atoms with van der Waals surface area (Å²) in [5.41, 5.74) is 3.16. The molecule has 1 atom stereocenters. The third kappa shape index (κ3) is 4.17. The van der Waals surface area contributed by atoms with Crippen molar-refractivity contribution in [2.75, 3.05) is 11.6 Å². The Morgan fingerprint density at radius 2 is 1.67 bits per heavy atom. The van der Waals surface area contributed by atoms with Crippen LogP contribution in [-0.2, 0) is 9.53 Å². The number of amides is 1. The quantitative estimate of drug-likeness (QED) is 0.653. The Kier molecular flexibility index (Phi) is 6.04. The minimum atomic E-state index is -0.883. The van der Waals surface area contributed by atoms with Gasteiger partial charge in [0.2, 0.25) is 0 Å². The Morgan fingerprint density at radius 3 is 2.29 bits per heavy atom. The highest BCUT2D eigenvalue weighted by Gasteiger charge is 2.21. The first-order valence-electron chi connectivity index (χ1n) is 7.65. The minimum Gasteiger partial charge on any atom is -0.449 e. The summed E-state index contributed by atoms with van der Waals surface area (Å²) in [6.07, 6.45) is 1.01. The van der Waals surface area contributed by atoms with Crippen molar-refractivity contribution < 1.29 is 14.3 Å². The summed E-state index contributed by atoms with van der Waals surface area (Å²) in [7, 11) is 0. The van der Waals surface area contributed by atoms with Crippen molar-refractivity contribution in [3.63, 3.8) is 0 Å². The van der Waals surface area contributed by atoms with E-state index in [2.05, 4.69) is 5.32 Å². The van der Waals surface area contributed by atoms with Crippen LogP contribution in [-0.4, -0.2) is 24.2 Å². The summed E-state index contributed by atoms with van der Waals surface area (Å²) in [6, 6.07) is 13.0. The maximum absolute atomic E-state index is 12.3. The number of carbonyl (C=O) groups is 2. The molecule has 0 fully saturated rings. The van der Waals surface area contributed by atoms with Crippen LogP contribution in [0.1, 0.15) is 28.4 Å². The van der Waals surface area contributed by atoms with E-state index in [4.69, 9.17) is 4.74 Å². The number of benzene rings is 2. The monoisotopic (exact) mass is 343 g/mol. The third-order valence-corrected chi connectivity index (χ3v) is 4.51. The molecule has 24 heavy (non-hydrogen) atoms. The molecule has 0 aromatic heterocycles. The van der Waals surface area contributed by atoms with Crippen LogP contribution < -0.4 is 5.32 Å². The summed E-state index contributed by atoms with van der Waals surface area (Å²) in [6.45, 7) is 5.42. The zero-order valence-corrected chi connectivity index (χ0v) is 15.1. The fourth-order valence-electron chi connectivity index (χ4n) is 2.33. The molecule has 4 nitrogen and oxygen atoms in total. The number of hydrogen-bond donors (Lipinski definition) is 1. The van der Waals surface area contributed by atoms with E-state index >= 15 is 0 Å². The summed E-state index contributed by atoms with van der Waals surface area (Å²) in [5.74, 6) is -0.841. The van der Waals surface area contributed by atoms with Crippen molar-refractivity contribution in [1.82, 2.24) is 0 Å². The zero-order valence-electron chi connectivity index (χ0n) is 14.3. The molecule has 0 spiro atoms. The Balaban J connectivity index is 2.07. The number of anilines is 1.